The number of aromatic nitrogens is 2. The van der Waals surface area contributed by atoms with Gasteiger partial charge in [-0.2, -0.15) is 10.2 Å². The molecule has 2 rings (SSSR count). The van der Waals surface area contributed by atoms with E-state index in [0.717, 1.165) is 18.4 Å². The fourth-order valence-electron chi connectivity index (χ4n) is 1.68. The van der Waals surface area contributed by atoms with Crippen LogP contribution in [0.1, 0.15) is 39.2 Å². The van der Waals surface area contributed by atoms with Crippen LogP contribution in [0.3, 0.4) is 0 Å². The molecule has 1 aromatic rings. The highest BCUT2D eigenvalue weighted by atomic mass is 16.6. The Labute approximate surface area is 101 Å². The second-order valence-electron chi connectivity index (χ2n) is 5.34. The normalized spacial score (nSPS) is 17.4. The predicted molar refractivity (Wildman–Crippen MR) is 62.3 cm³/mol. The van der Waals surface area contributed by atoms with E-state index in [9.17, 15) is 4.79 Å². The summed E-state index contributed by atoms with van der Waals surface area (Å²) in [6.07, 6.45) is 4.76. The third-order valence-corrected chi connectivity index (χ3v) is 2.63. The maximum Gasteiger partial charge on any atom is 0.408 e. The number of nitrogens with one attached hydrogen (secondary N) is 1. The van der Waals surface area contributed by atoms with Gasteiger partial charge in [-0.3, -0.25) is 0 Å². The predicted octanol–water partition coefficient (Wildman–Crippen LogP) is 1.99. The Morgan fingerprint density at radius 1 is 1.41 bits per heavy atom. The highest BCUT2D eigenvalue weighted by Crippen LogP contribution is 2.45. The van der Waals surface area contributed by atoms with E-state index in [-0.39, 0.29) is 11.6 Å². The summed E-state index contributed by atoms with van der Waals surface area (Å²) < 4.78 is 5.25. The molecule has 0 saturated heterocycles. The molecule has 0 aliphatic heterocycles. The van der Waals surface area contributed by atoms with Crippen molar-refractivity contribution in [3.05, 3.63) is 24.0 Å². The van der Waals surface area contributed by atoms with Crippen molar-refractivity contribution in [3.63, 3.8) is 0 Å². The molecular weight excluding hydrogens is 218 g/mol. The lowest BCUT2D eigenvalue weighted by molar-refractivity contribution is 0.0495. The monoisotopic (exact) mass is 235 g/mol. The third kappa shape index (κ3) is 2.93. The Kier molecular flexibility index (Phi) is 2.77. The molecule has 1 aliphatic rings. The third-order valence-electron chi connectivity index (χ3n) is 2.63. The molecule has 0 unspecified atom stereocenters. The minimum absolute atomic E-state index is 0.293. The van der Waals surface area contributed by atoms with Crippen molar-refractivity contribution in [2.45, 2.75) is 44.8 Å². The zero-order valence-electron chi connectivity index (χ0n) is 10.4. The van der Waals surface area contributed by atoms with E-state index in [0.29, 0.717) is 0 Å². The zero-order valence-corrected chi connectivity index (χ0v) is 10.4. The first-order valence-corrected chi connectivity index (χ1v) is 5.70. The summed E-state index contributed by atoms with van der Waals surface area (Å²) in [5.41, 5.74) is 0.216. The SMILES string of the molecule is CC(C)(C)OC(=O)NC1(c2ccnnc2)CC1. The van der Waals surface area contributed by atoms with Gasteiger partial charge < -0.3 is 10.1 Å². The van der Waals surface area contributed by atoms with Gasteiger partial charge >= 0.3 is 6.09 Å². The van der Waals surface area contributed by atoms with Gasteiger partial charge in [0.05, 0.1) is 11.7 Å². The van der Waals surface area contributed by atoms with Crippen molar-refractivity contribution in [1.82, 2.24) is 15.5 Å². The summed E-state index contributed by atoms with van der Waals surface area (Å²) >= 11 is 0. The van der Waals surface area contributed by atoms with E-state index in [1.165, 1.54) is 0 Å². The molecular formula is C12H17N3O2. The van der Waals surface area contributed by atoms with Crippen molar-refractivity contribution in [1.29, 1.82) is 0 Å². The van der Waals surface area contributed by atoms with Gasteiger partial charge in [0, 0.05) is 6.20 Å². The van der Waals surface area contributed by atoms with Crippen molar-refractivity contribution < 1.29 is 9.53 Å². The smallest absolute Gasteiger partial charge is 0.408 e. The summed E-state index contributed by atoms with van der Waals surface area (Å²) in [6, 6.07) is 1.87. The second kappa shape index (κ2) is 3.98. The van der Waals surface area contributed by atoms with Crippen molar-refractivity contribution in [2.75, 3.05) is 0 Å². The van der Waals surface area contributed by atoms with Crippen molar-refractivity contribution in [3.8, 4) is 0 Å². The summed E-state index contributed by atoms with van der Waals surface area (Å²) in [5.74, 6) is 0. The average Bonchev–Trinajstić information content (AvgIpc) is 2.97. The molecule has 0 bridgehead atoms. The molecule has 5 heteroatoms. The Morgan fingerprint density at radius 2 is 2.12 bits per heavy atom. The topological polar surface area (TPSA) is 64.1 Å². The molecule has 1 heterocycles. The summed E-state index contributed by atoms with van der Waals surface area (Å²) in [6.45, 7) is 5.54. The van der Waals surface area contributed by atoms with E-state index in [1.54, 1.807) is 12.4 Å². The Morgan fingerprint density at radius 3 is 2.59 bits per heavy atom. The molecule has 1 fully saturated rings. The van der Waals surface area contributed by atoms with Gasteiger partial charge in [-0.05, 0) is 45.2 Å². The van der Waals surface area contributed by atoms with Crippen molar-refractivity contribution >= 4 is 6.09 Å². The van der Waals surface area contributed by atoms with Crippen LogP contribution >= 0.6 is 0 Å². The molecule has 1 saturated carbocycles. The number of rotatable bonds is 2. The van der Waals surface area contributed by atoms with Crippen LogP contribution < -0.4 is 5.32 Å². The number of ether oxygens (including phenoxy) is 1. The van der Waals surface area contributed by atoms with Gasteiger partial charge in [0.1, 0.15) is 5.60 Å². The molecule has 1 aromatic heterocycles. The first kappa shape index (κ1) is 11.8. The van der Waals surface area contributed by atoms with Gasteiger partial charge in [-0.1, -0.05) is 0 Å². The Balaban J connectivity index is 2.02. The summed E-state index contributed by atoms with van der Waals surface area (Å²) in [5, 5.41) is 10.5. The van der Waals surface area contributed by atoms with Gasteiger partial charge in [-0.15, -0.1) is 0 Å². The van der Waals surface area contributed by atoms with Crippen LogP contribution in [0.4, 0.5) is 4.79 Å². The quantitative estimate of drug-likeness (QED) is 0.851. The molecule has 0 spiro atoms. The number of carbonyl (C=O) groups is 1. The second-order valence-corrected chi connectivity index (χ2v) is 5.34. The van der Waals surface area contributed by atoms with E-state index in [2.05, 4.69) is 15.5 Å². The maximum absolute atomic E-state index is 11.7. The number of hydrogen-bond acceptors (Lipinski definition) is 4. The number of nitrogens with zero attached hydrogens (tertiary/aromatic N) is 2. The highest BCUT2D eigenvalue weighted by molar-refractivity contribution is 5.70. The van der Waals surface area contributed by atoms with Gasteiger partial charge in [0.15, 0.2) is 0 Å². The van der Waals surface area contributed by atoms with Crippen LogP contribution in [0.2, 0.25) is 0 Å². The molecule has 5 nitrogen and oxygen atoms in total. The van der Waals surface area contributed by atoms with Crippen LogP contribution in [-0.4, -0.2) is 21.9 Å². The van der Waals surface area contributed by atoms with Crippen LogP contribution in [0.5, 0.6) is 0 Å². The van der Waals surface area contributed by atoms with Crippen LogP contribution in [0.15, 0.2) is 18.5 Å². The molecule has 0 radical (unpaired) electrons. The molecule has 1 amide bonds. The van der Waals surface area contributed by atoms with E-state index >= 15 is 0 Å². The molecule has 1 N–H and O–H groups in total. The fraction of sp³-hybridized carbons (Fsp3) is 0.583. The first-order chi connectivity index (χ1) is 7.91. The number of hydrogen-bond donors (Lipinski definition) is 1. The minimum atomic E-state index is -0.476. The van der Waals surface area contributed by atoms with Crippen LogP contribution in [0.25, 0.3) is 0 Å². The molecule has 0 atom stereocenters. The first-order valence-electron chi connectivity index (χ1n) is 5.70. The Hall–Kier alpha value is -1.65. The van der Waals surface area contributed by atoms with Gasteiger partial charge in [-0.25, -0.2) is 4.79 Å². The maximum atomic E-state index is 11.7. The number of alkyl carbamates (subject to hydrolysis) is 1. The van der Waals surface area contributed by atoms with E-state index in [1.807, 2.05) is 26.8 Å². The molecule has 17 heavy (non-hydrogen) atoms. The summed E-state index contributed by atoms with van der Waals surface area (Å²) in [7, 11) is 0. The van der Waals surface area contributed by atoms with E-state index in [4.69, 9.17) is 4.74 Å². The van der Waals surface area contributed by atoms with Crippen LogP contribution in [-0.2, 0) is 10.3 Å². The minimum Gasteiger partial charge on any atom is -0.444 e. The lowest BCUT2D eigenvalue weighted by Crippen LogP contribution is -2.39. The Bertz CT molecular complexity index is 408. The van der Waals surface area contributed by atoms with Gasteiger partial charge in [0.25, 0.3) is 0 Å². The molecule has 1 aliphatic carbocycles. The molecule has 92 valence electrons. The highest BCUT2D eigenvalue weighted by Gasteiger charge is 2.46. The number of amides is 1. The summed E-state index contributed by atoms with van der Waals surface area (Å²) in [4.78, 5) is 11.7. The molecule has 0 aromatic carbocycles. The van der Waals surface area contributed by atoms with E-state index < -0.39 is 5.60 Å². The fourth-order valence-corrected chi connectivity index (χ4v) is 1.68. The van der Waals surface area contributed by atoms with Gasteiger partial charge in [0.2, 0.25) is 0 Å². The average molecular weight is 235 g/mol. The number of carbonyl (C=O) groups excluding carboxylic acids is 1. The lowest BCUT2D eigenvalue weighted by atomic mass is 10.1. The standard InChI is InChI=1S/C12H17N3O2/c1-11(2,3)17-10(16)15-12(5-6-12)9-4-7-13-14-8-9/h4,7-8H,5-6H2,1-3H3,(H,15,16). The largest absolute Gasteiger partial charge is 0.444 e. The van der Waals surface area contributed by atoms with Crippen molar-refractivity contribution in [2.24, 2.45) is 0 Å². The zero-order chi connectivity index (χ0) is 12.5. The lowest BCUT2D eigenvalue weighted by Gasteiger charge is -2.23. The van der Waals surface area contributed by atoms with Crippen LogP contribution in [0, 0.1) is 0 Å².